The molecule has 0 aromatic carbocycles. The Morgan fingerprint density at radius 1 is 1.41 bits per heavy atom. The number of thioether (sulfide) groups is 1. The maximum Gasteiger partial charge on any atom is 0.0252 e. The number of hydrogen-bond donors (Lipinski definition) is 1. The first-order chi connectivity index (χ1) is 8.00. The van der Waals surface area contributed by atoms with Crippen molar-refractivity contribution in [3.05, 3.63) is 0 Å². The average molecular weight is 258 g/mol. The van der Waals surface area contributed by atoms with E-state index in [2.05, 4.69) is 56.6 Å². The van der Waals surface area contributed by atoms with Crippen molar-refractivity contribution in [2.45, 2.75) is 52.6 Å². The van der Waals surface area contributed by atoms with Crippen LogP contribution in [0.1, 0.15) is 41.0 Å². The molecule has 0 radical (unpaired) electrons. The van der Waals surface area contributed by atoms with Crippen LogP contribution in [0.4, 0.5) is 0 Å². The van der Waals surface area contributed by atoms with Crippen molar-refractivity contribution in [3.63, 3.8) is 0 Å². The predicted octanol–water partition coefficient (Wildman–Crippen LogP) is 2.84. The van der Waals surface area contributed by atoms with Crippen LogP contribution >= 0.6 is 11.8 Å². The van der Waals surface area contributed by atoms with Crippen LogP contribution in [0, 0.1) is 5.92 Å². The summed E-state index contributed by atoms with van der Waals surface area (Å²) in [5.41, 5.74) is 0.279. The molecule has 1 saturated heterocycles. The van der Waals surface area contributed by atoms with Gasteiger partial charge in [0.05, 0.1) is 0 Å². The zero-order valence-electron chi connectivity index (χ0n) is 12.3. The zero-order chi connectivity index (χ0) is 12.9. The van der Waals surface area contributed by atoms with Crippen molar-refractivity contribution < 1.29 is 0 Å². The lowest BCUT2D eigenvalue weighted by atomic mass is 9.91. The van der Waals surface area contributed by atoms with Crippen molar-refractivity contribution in [3.8, 4) is 0 Å². The van der Waals surface area contributed by atoms with Gasteiger partial charge in [-0.05, 0) is 25.5 Å². The lowest BCUT2D eigenvalue weighted by Crippen LogP contribution is -2.63. The molecule has 17 heavy (non-hydrogen) atoms. The van der Waals surface area contributed by atoms with E-state index in [9.17, 15) is 0 Å². The molecule has 102 valence electrons. The average Bonchev–Trinajstić information content (AvgIpc) is 2.28. The summed E-state index contributed by atoms with van der Waals surface area (Å²) < 4.78 is 0. The molecule has 1 fully saturated rings. The minimum absolute atomic E-state index is 0.279. The van der Waals surface area contributed by atoms with Gasteiger partial charge in [-0.15, -0.1) is 0 Å². The largest absolute Gasteiger partial charge is 0.309 e. The first-order valence-corrected chi connectivity index (χ1v) is 8.22. The number of piperazine rings is 1. The highest BCUT2D eigenvalue weighted by Crippen LogP contribution is 2.22. The Morgan fingerprint density at radius 3 is 2.71 bits per heavy atom. The molecular formula is C14H30N2S. The number of nitrogens with zero attached hydrogens (tertiary/aromatic N) is 1. The molecule has 0 saturated carbocycles. The van der Waals surface area contributed by atoms with Crippen LogP contribution in [0.25, 0.3) is 0 Å². The van der Waals surface area contributed by atoms with E-state index in [1.165, 1.54) is 31.0 Å². The van der Waals surface area contributed by atoms with Gasteiger partial charge in [0.1, 0.15) is 0 Å². The van der Waals surface area contributed by atoms with Gasteiger partial charge >= 0.3 is 0 Å². The van der Waals surface area contributed by atoms with Gasteiger partial charge in [0.2, 0.25) is 0 Å². The molecule has 0 amide bonds. The van der Waals surface area contributed by atoms with Crippen LogP contribution < -0.4 is 5.32 Å². The highest BCUT2D eigenvalue weighted by Gasteiger charge is 2.34. The fourth-order valence-electron chi connectivity index (χ4n) is 2.60. The molecule has 1 aliphatic heterocycles. The molecule has 1 heterocycles. The Morgan fingerprint density at radius 2 is 2.12 bits per heavy atom. The van der Waals surface area contributed by atoms with Crippen LogP contribution in [0.2, 0.25) is 0 Å². The SMILES string of the molecule is CCSCCN1CC(C)(C)NCC1C(C)CC. The minimum Gasteiger partial charge on any atom is -0.309 e. The third kappa shape index (κ3) is 4.80. The first kappa shape index (κ1) is 15.3. The van der Waals surface area contributed by atoms with Crippen LogP contribution in [-0.4, -0.2) is 47.6 Å². The molecule has 1 aliphatic rings. The summed E-state index contributed by atoms with van der Waals surface area (Å²) in [4.78, 5) is 2.72. The maximum atomic E-state index is 3.70. The third-order valence-electron chi connectivity index (χ3n) is 3.88. The highest BCUT2D eigenvalue weighted by atomic mass is 32.2. The molecular weight excluding hydrogens is 228 g/mol. The van der Waals surface area contributed by atoms with E-state index >= 15 is 0 Å². The number of hydrogen-bond acceptors (Lipinski definition) is 3. The fourth-order valence-corrected chi connectivity index (χ4v) is 3.25. The molecule has 0 aromatic rings. The van der Waals surface area contributed by atoms with Crippen LogP contribution in [0.3, 0.4) is 0 Å². The molecule has 2 nitrogen and oxygen atoms in total. The van der Waals surface area contributed by atoms with Crippen molar-refractivity contribution in [2.75, 3.05) is 31.1 Å². The second-order valence-corrected chi connectivity index (χ2v) is 7.28. The Bertz CT molecular complexity index is 218. The zero-order valence-corrected chi connectivity index (χ0v) is 13.1. The molecule has 1 N–H and O–H groups in total. The smallest absolute Gasteiger partial charge is 0.0252 e. The molecule has 3 heteroatoms. The summed E-state index contributed by atoms with van der Waals surface area (Å²) >= 11 is 2.06. The fraction of sp³-hybridized carbons (Fsp3) is 1.00. The van der Waals surface area contributed by atoms with Crippen LogP contribution in [0.5, 0.6) is 0 Å². The molecule has 0 spiro atoms. The van der Waals surface area contributed by atoms with E-state index in [1.54, 1.807) is 0 Å². The van der Waals surface area contributed by atoms with Crippen LogP contribution in [-0.2, 0) is 0 Å². The summed E-state index contributed by atoms with van der Waals surface area (Å²) in [6, 6.07) is 0.727. The second-order valence-electron chi connectivity index (χ2n) is 5.89. The lowest BCUT2D eigenvalue weighted by molar-refractivity contribution is 0.0697. The summed E-state index contributed by atoms with van der Waals surface area (Å²) in [5, 5.41) is 3.70. The van der Waals surface area contributed by atoms with Gasteiger partial charge in [0.25, 0.3) is 0 Å². The van der Waals surface area contributed by atoms with E-state index in [-0.39, 0.29) is 5.54 Å². The Kier molecular flexibility index (Phi) is 6.32. The molecule has 1 rings (SSSR count). The summed E-state index contributed by atoms with van der Waals surface area (Å²) in [5.74, 6) is 3.31. The van der Waals surface area contributed by atoms with E-state index in [1.807, 2.05) is 0 Å². The molecule has 0 aliphatic carbocycles. The Labute approximate surface area is 112 Å². The third-order valence-corrected chi connectivity index (χ3v) is 4.76. The predicted molar refractivity (Wildman–Crippen MR) is 79.9 cm³/mol. The van der Waals surface area contributed by atoms with Crippen molar-refractivity contribution >= 4 is 11.8 Å². The summed E-state index contributed by atoms with van der Waals surface area (Å²) in [7, 11) is 0. The van der Waals surface area contributed by atoms with Gasteiger partial charge < -0.3 is 5.32 Å². The topological polar surface area (TPSA) is 15.3 Å². The van der Waals surface area contributed by atoms with Gasteiger partial charge in [-0.3, -0.25) is 4.90 Å². The van der Waals surface area contributed by atoms with E-state index in [4.69, 9.17) is 0 Å². The lowest BCUT2D eigenvalue weighted by Gasteiger charge is -2.46. The van der Waals surface area contributed by atoms with Crippen molar-refractivity contribution in [1.82, 2.24) is 10.2 Å². The molecule has 0 bridgehead atoms. The van der Waals surface area contributed by atoms with E-state index in [0.717, 1.165) is 18.5 Å². The van der Waals surface area contributed by atoms with Crippen LogP contribution in [0.15, 0.2) is 0 Å². The van der Waals surface area contributed by atoms with Gasteiger partial charge in [0.15, 0.2) is 0 Å². The van der Waals surface area contributed by atoms with Crippen molar-refractivity contribution in [1.29, 1.82) is 0 Å². The highest BCUT2D eigenvalue weighted by molar-refractivity contribution is 7.99. The first-order valence-electron chi connectivity index (χ1n) is 7.07. The summed E-state index contributed by atoms with van der Waals surface area (Å²) in [6.07, 6.45) is 1.28. The molecule has 0 aromatic heterocycles. The van der Waals surface area contributed by atoms with E-state index < -0.39 is 0 Å². The standard InChI is InChI=1S/C14H30N2S/c1-6-12(3)13-10-15-14(4,5)11-16(13)8-9-17-7-2/h12-13,15H,6-11H2,1-5H3. The maximum absolute atomic E-state index is 3.70. The van der Waals surface area contributed by atoms with Gasteiger partial charge in [-0.25, -0.2) is 0 Å². The quantitative estimate of drug-likeness (QED) is 0.738. The van der Waals surface area contributed by atoms with Crippen molar-refractivity contribution in [2.24, 2.45) is 5.92 Å². The Hall–Kier alpha value is 0.270. The monoisotopic (exact) mass is 258 g/mol. The number of nitrogens with one attached hydrogen (secondary N) is 1. The normalized spacial score (nSPS) is 27.0. The molecule has 2 unspecified atom stereocenters. The minimum atomic E-state index is 0.279. The van der Waals surface area contributed by atoms with Gasteiger partial charge in [-0.1, -0.05) is 27.2 Å². The molecule has 2 atom stereocenters. The number of rotatable bonds is 6. The van der Waals surface area contributed by atoms with Gasteiger partial charge in [0, 0.05) is 37.0 Å². The van der Waals surface area contributed by atoms with E-state index in [0.29, 0.717) is 0 Å². The van der Waals surface area contributed by atoms with Gasteiger partial charge in [-0.2, -0.15) is 11.8 Å². The second kappa shape index (κ2) is 7.01. The Balaban J connectivity index is 2.55. The summed E-state index contributed by atoms with van der Waals surface area (Å²) in [6.45, 7) is 15.2.